The van der Waals surface area contributed by atoms with Crippen LogP contribution in [0.25, 0.3) is 0 Å². The Morgan fingerprint density at radius 1 is 0.520 bits per heavy atom. The number of aliphatic hydroxyl groups excluding tert-OH is 2. The number of halogens is 12. The van der Waals surface area contributed by atoms with Crippen LogP contribution in [0.15, 0.2) is 0 Å². The van der Waals surface area contributed by atoms with Gasteiger partial charge in [-0.15, -0.1) is 0 Å². The second-order valence-corrected chi connectivity index (χ2v) is 3.82. The van der Waals surface area contributed by atoms with Gasteiger partial charge in [0, 0.05) is 0 Å². The molecule has 25 heavy (non-hydrogen) atoms. The molecule has 0 aromatic carbocycles. The van der Waals surface area contributed by atoms with Gasteiger partial charge < -0.3 is 19.7 Å². The van der Waals surface area contributed by atoms with Crippen molar-refractivity contribution in [1.29, 1.82) is 0 Å². The van der Waals surface area contributed by atoms with Gasteiger partial charge in [-0.05, 0) is 0 Å². The summed E-state index contributed by atoms with van der Waals surface area (Å²) < 4.78 is 148. The summed E-state index contributed by atoms with van der Waals surface area (Å²) in [5.74, 6) is 0. The van der Waals surface area contributed by atoms with E-state index in [1.807, 2.05) is 0 Å². The molecule has 0 rings (SSSR count). The summed E-state index contributed by atoms with van der Waals surface area (Å²) in [5.41, 5.74) is 0. The molecule has 4 nitrogen and oxygen atoms in total. The molecule has 16 heteroatoms. The fourth-order valence-corrected chi connectivity index (χ4v) is 0.924. The minimum atomic E-state index is -6.09. The third-order valence-corrected chi connectivity index (χ3v) is 1.76. The van der Waals surface area contributed by atoms with Crippen molar-refractivity contribution in [2.75, 3.05) is 20.0 Å². The van der Waals surface area contributed by atoms with E-state index >= 15 is 0 Å². The van der Waals surface area contributed by atoms with Crippen LogP contribution in [-0.2, 0) is 9.47 Å². The Labute approximate surface area is 130 Å². The molecule has 0 aliphatic carbocycles. The van der Waals surface area contributed by atoms with Crippen molar-refractivity contribution in [3.8, 4) is 0 Å². The molecular formula is C9H10F12O4. The van der Waals surface area contributed by atoms with Crippen LogP contribution in [0, 0.1) is 0 Å². The highest BCUT2D eigenvalue weighted by molar-refractivity contribution is 4.77. The summed E-state index contributed by atoms with van der Waals surface area (Å²) >= 11 is 0. The van der Waals surface area contributed by atoms with E-state index in [9.17, 15) is 52.7 Å². The van der Waals surface area contributed by atoms with Gasteiger partial charge in [-0.1, -0.05) is 0 Å². The average Bonchev–Trinajstić information content (AvgIpc) is 2.32. The summed E-state index contributed by atoms with van der Waals surface area (Å²) in [6.07, 6.45) is -33.5. The maximum atomic E-state index is 11.9. The van der Waals surface area contributed by atoms with Gasteiger partial charge in [0.2, 0.25) is 0 Å². The number of hydrogen-bond donors (Lipinski definition) is 2. The van der Waals surface area contributed by atoms with Gasteiger partial charge in [0.05, 0.1) is 13.2 Å². The van der Waals surface area contributed by atoms with E-state index in [0.29, 0.717) is 0 Å². The molecule has 0 unspecified atom stereocenters. The first-order valence-corrected chi connectivity index (χ1v) is 5.60. The zero-order valence-corrected chi connectivity index (χ0v) is 11.5. The number of ether oxygens (including phenoxy) is 2. The molecule has 2 N–H and O–H groups in total. The topological polar surface area (TPSA) is 58.9 Å². The third kappa shape index (κ3) is 11.3. The van der Waals surface area contributed by atoms with E-state index < -0.39 is 43.7 Å². The lowest BCUT2D eigenvalue weighted by Crippen LogP contribution is -2.48. The summed E-state index contributed by atoms with van der Waals surface area (Å²) in [4.78, 5) is 0. The molecule has 0 bridgehead atoms. The third-order valence-electron chi connectivity index (χ3n) is 1.76. The Bertz CT molecular complexity index is 296. The fraction of sp³-hybridized carbons (Fsp3) is 1.00. The van der Waals surface area contributed by atoms with Crippen LogP contribution in [0.2, 0.25) is 0 Å². The minimum Gasteiger partial charge on any atom is -0.394 e. The van der Waals surface area contributed by atoms with E-state index in [1.54, 1.807) is 0 Å². The van der Waals surface area contributed by atoms with Crippen molar-refractivity contribution < 1.29 is 72.4 Å². The number of hydrogen-bond acceptors (Lipinski definition) is 4. The average molecular weight is 410 g/mol. The minimum absolute atomic E-state index is 0.125. The Hall–Kier alpha value is -1.00. The van der Waals surface area contributed by atoms with Gasteiger partial charge >= 0.3 is 24.7 Å². The number of alkyl halides is 12. The summed E-state index contributed by atoms with van der Waals surface area (Å²) in [5, 5.41) is 15.2. The monoisotopic (exact) mass is 410 g/mol. The largest absolute Gasteiger partial charge is 0.423 e. The van der Waals surface area contributed by atoms with E-state index in [4.69, 9.17) is 10.2 Å². The normalized spacial score (nSPS) is 13.9. The highest BCUT2D eigenvalue weighted by Crippen LogP contribution is 2.38. The van der Waals surface area contributed by atoms with E-state index in [1.165, 1.54) is 0 Å². The zero-order valence-electron chi connectivity index (χ0n) is 11.5. The van der Waals surface area contributed by atoms with Crippen LogP contribution in [0.1, 0.15) is 0 Å². The van der Waals surface area contributed by atoms with Crippen molar-refractivity contribution in [3.05, 3.63) is 0 Å². The molecule has 0 saturated heterocycles. The van der Waals surface area contributed by atoms with Gasteiger partial charge in [-0.25, -0.2) is 0 Å². The highest BCUT2D eigenvalue weighted by atomic mass is 19.4. The lowest BCUT2D eigenvalue weighted by Gasteiger charge is -2.26. The van der Waals surface area contributed by atoms with Crippen LogP contribution < -0.4 is 0 Å². The standard InChI is InChI=1S/C7H4F12O2.C2H6O2/c8-4(9,10)2(5(11,12)13)20-1-21-3(6(14,15)16)7(17,18)19;3-1-2-4/h2-3H,1H2;3-4H,1-2H2. The van der Waals surface area contributed by atoms with Gasteiger partial charge in [-0.2, -0.15) is 52.7 Å². The lowest BCUT2D eigenvalue weighted by atomic mass is 10.3. The smallest absolute Gasteiger partial charge is 0.394 e. The predicted molar refractivity (Wildman–Crippen MR) is 53.0 cm³/mol. The lowest BCUT2D eigenvalue weighted by molar-refractivity contribution is -0.367. The Balaban J connectivity index is 0. The maximum Gasteiger partial charge on any atom is 0.423 e. The highest BCUT2D eigenvalue weighted by Gasteiger charge is 2.60. The quantitative estimate of drug-likeness (QED) is 0.541. The molecule has 0 amide bonds. The van der Waals surface area contributed by atoms with Crippen molar-refractivity contribution in [2.24, 2.45) is 0 Å². The SMILES string of the molecule is FC(F)(F)C(OCOC(C(F)(F)F)C(F)(F)F)C(F)(F)F.OCCO. The van der Waals surface area contributed by atoms with Crippen LogP contribution in [0.3, 0.4) is 0 Å². The summed E-state index contributed by atoms with van der Waals surface area (Å²) in [6, 6.07) is 0. The van der Waals surface area contributed by atoms with Crippen molar-refractivity contribution in [3.63, 3.8) is 0 Å². The molecule has 0 fully saturated rings. The first-order valence-electron chi connectivity index (χ1n) is 5.60. The molecule has 0 aliphatic rings. The van der Waals surface area contributed by atoms with E-state index in [2.05, 4.69) is 9.47 Å². The van der Waals surface area contributed by atoms with E-state index in [-0.39, 0.29) is 13.2 Å². The molecule has 0 saturated carbocycles. The van der Waals surface area contributed by atoms with Crippen LogP contribution >= 0.6 is 0 Å². The maximum absolute atomic E-state index is 11.9. The molecule has 154 valence electrons. The van der Waals surface area contributed by atoms with Gasteiger partial charge in [0.1, 0.15) is 6.79 Å². The second-order valence-electron chi connectivity index (χ2n) is 3.82. The first kappa shape index (κ1) is 26.2. The summed E-state index contributed by atoms with van der Waals surface area (Å²) in [7, 11) is 0. The van der Waals surface area contributed by atoms with Crippen molar-refractivity contribution in [2.45, 2.75) is 36.9 Å². The Morgan fingerprint density at radius 3 is 0.840 bits per heavy atom. The molecule has 0 spiro atoms. The van der Waals surface area contributed by atoms with Gasteiger partial charge in [0.25, 0.3) is 12.2 Å². The molecule has 0 aliphatic heterocycles. The molecule has 0 aromatic rings. The predicted octanol–water partition coefficient (Wildman–Crippen LogP) is 2.93. The zero-order chi connectivity index (χ0) is 20.7. The van der Waals surface area contributed by atoms with Crippen LogP contribution in [-0.4, -0.2) is 67.1 Å². The fourth-order valence-electron chi connectivity index (χ4n) is 0.924. The van der Waals surface area contributed by atoms with E-state index in [0.717, 1.165) is 0 Å². The van der Waals surface area contributed by atoms with Crippen molar-refractivity contribution >= 4 is 0 Å². The Morgan fingerprint density at radius 2 is 0.720 bits per heavy atom. The summed E-state index contributed by atoms with van der Waals surface area (Å²) in [6.45, 7) is -2.77. The first-order chi connectivity index (χ1) is 10.9. The van der Waals surface area contributed by atoms with Gasteiger partial charge in [0.15, 0.2) is 0 Å². The second kappa shape index (κ2) is 9.63. The molecular weight excluding hydrogens is 400 g/mol. The van der Waals surface area contributed by atoms with Gasteiger partial charge in [-0.3, -0.25) is 0 Å². The number of rotatable bonds is 5. The molecule has 0 radical (unpaired) electrons. The van der Waals surface area contributed by atoms with Crippen LogP contribution in [0.5, 0.6) is 0 Å². The molecule has 0 aromatic heterocycles. The number of aliphatic hydroxyl groups is 2. The molecule has 0 heterocycles. The van der Waals surface area contributed by atoms with Crippen molar-refractivity contribution in [1.82, 2.24) is 0 Å². The molecule has 0 atom stereocenters. The Kier molecular flexibility index (Phi) is 10.1. The van der Waals surface area contributed by atoms with Crippen LogP contribution in [0.4, 0.5) is 52.7 Å².